The molecule has 1 atom stereocenters. The monoisotopic (exact) mass is 357 g/mol. The highest BCUT2D eigenvalue weighted by atomic mass is 35.5. The fraction of sp³-hybridized carbons (Fsp3) is 0.263. The van der Waals surface area contributed by atoms with E-state index in [1.54, 1.807) is 48.5 Å². The number of anilines is 2. The standard InChI is InChI=1S/C19H20ClN3O2/c20-14-5-3-13(4-6-14)19(25)23-16-9-7-15(8-10-16)22-18(24)12-17-2-1-11-21-17/h3-10,17,21H,1-2,11-12H2,(H,22,24)(H,23,25). The average Bonchev–Trinajstić information content (AvgIpc) is 3.10. The molecular formula is C19H20ClN3O2. The molecule has 25 heavy (non-hydrogen) atoms. The summed E-state index contributed by atoms with van der Waals surface area (Å²) in [7, 11) is 0. The molecule has 5 nitrogen and oxygen atoms in total. The molecule has 0 spiro atoms. The Labute approximate surface area is 151 Å². The number of rotatable bonds is 5. The first-order valence-corrected chi connectivity index (χ1v) is 8.68. The third-order valence-corrected chi connectivity index (χ3v) is 4.38. The second-order valence-corrected chi connectivity index (χ2v) is 6.52. The minimum Gasteiger partial charge on any atom is -0.326 e. The van der Waals surface area contributed by atoms with Gasteiger partial charge >= 0.3 is 0 Å². The summed E-state index contributed by atoms with van der Waals surface area (Å²) < 4.78 is 0. The quantitative estimate of drug-likeness (QED) is 0.764. The van der Waals surface area contributed by atoms with E-state index in [0.717, 1.165) is 19.4 Å². The molecule has 1 aliphatic heterocycles. The van der Waals surface area contributed by atoms with Crippen LogP contribution in [0.2, 0.25) is 5.02 Å². The summed E-state index contributed by atoms with van der Waals surface area (Å²) in [4.78, 5) is 24.2. The van der Waals surface area contributed by atoms with Gasteiger partial charge in [0.2, 0.25) is 5.91 Å². The van der Waals surface area contributed by atoms with Gasteiger partial charge in [-0.3, -0.25) is 9.59 Å². The summed E-state index contributed by atoms with van der Waals surface area (Å²) in [6.07, 6.45) is 2.65. The maximum absolute atomic E-state index is 12.2. The Kier molecular flexibility index (Phi) is 5.68. The third-order valence-electron chi connectivity index (χ3n) is 4.13. The van der Waals surface area contributed by atoms with Crippen molar-refractivity contribution in [2.24, 2.45) is 0 Å². The molecule has 1 saturated heterocycles. The molecule has 1 unspecified atom stereocenters. The van der Waals surface area contributed by atoms with Crippen molar-refractivity contribution in [2.45, 2.75) is 25.3 Å². The van der Waals surface area contributed by atoms with Crippen LogP contribution in [0.1, 0.15) is 29.6 Å². The average molecular weight is 358 g/mol. The number of hydrogen-bond acceptors (Lipinski definition) is 3. The van der Waals surface area contributed by atoms with Crippen LogP contribution in [-0.2, 0) is 4.79 Å². The van der Waals surface area contributed by atoms with E-state index >= 15 is 0 Å². The van der Waals surface area contributed by atoms with Crippen LogP contribution >= 0.6 is 11.6 Å². The lowest BCUT2D eigenvalue weighted by atomic mass is 10.1. The van der Waals surface area contributed by atoms with Gasteiger partial charge in [-0.1, -0.05) is 11.6 Å². The van der Waals surface area contributed by atoms with Gasteiger partial charge in [0.25, 0.3) is 5.91 Å². The Bertz CT molecular complexity index is 738. The van der Waals surface area contributed by atoms with Crippen molar-refractivity contribution in [1.29, 1.82) is 0 Å². The Hall–Kier alpha value is -2.37. The normalized spacial score (nSPS) is 16.4. The summed E-state index contributed by atoms with van der Waals surface area (Å²) in [5.41, 5.74) is 1.91. The Morgan fingerprint density at radius 2 is 1.64 bits per heavy atom. The molecule has 1 heterocycles. The summed E-state index contributed by atoms with van der Waals surface area (Å²) in [6.45, 7) is 0.986. The van der Waals surface area contributed by atoms with Gasteiger partial charge in [-0.25, -0.2) is 0 Å². The predicted molar refractivity (Wildman–Crippen MR) is 100 cm³/mol. The van der Waals surface area contributed by atoms with Crippen molar-refractivity contribution in [2.75, 3.05) is 17.2 Å². The van der Waals surface area contributed by atoms with Crippen LogP contribution in [-0.4, -0.2) is 24.4 Å². The van der Waals surface area contributed by atoms with Crippen LogP contribution < -0.4 is 16.0 Å². The molecule has 0 radical (unpaired) electrons. The molecule has 0 aromatic heterocycles. The van der Waals surface area contributed by atoms with Gasteiger partial charge in [-0.15, -0.1) is 0 Å². The molecule has 0 saturated carbocycles. The summed E-state index contributed by atoms with van der Waals surface area (Å²) in [5, 5.41) is 9.59. The topological polar surface area (TPSA) is 70.2 Å². The minimum absolute atomic E-state index is 0.00245. The van der Waals surface area contributed by atoms with Crippen LogP contribution in [0.15, 0.2) is 48.5 Å². The Morgan fingerprint density at radius 1 is 1.00 bits per heavy atom. The van der Waals surface area contributed by atoms with Gasteiger partial charge in [0, 0.05) is 34.4 Å². The zero-order valence-corrected chi connectivity index (χ0v) is 14.5. The molecule has 1 fully saturated rings. The highest BCUT2D eigenvalue weighted by Crippen LogP contribution is 2.17. The number of nitrogens with one attached hydrogen (secondary N) is 3. The van der Waals surface area contributed by atoms with Crippen molar-refractivity contribution in [3.63, 3.8) is 0 Å². The van der Waals surface area contributed by atoms with Gasteiger partial charge in [0.15, 0.2) is 0 Å². The maximum Gasteiger partial charge on any atom is 0.255 e. The van der Waals surface area contributed by atoms with Crippen LogP contribution in [0.4, 0.5) is 11.4 Å². The van der Waals surface area contributed by atoms with Gasteiger partial charge in [-0.2, -0.15) is 0 Å². The van der Waals surface area contributed by atoms with Gasteiger partial charge in [0.1, 0.15) is 0 Å². The number of hydrogen-bond donors (Lipinski definition) is 3. The van der Waals surface area contributed by atoms with Gasteiger partial charge < -0.3 is 16.0 Å². The number of amides is 2. The number of halogens is 1. The van der Waals surface area contributed by atoms with Gasteiger partial charge in [0.05, 0.1) is 0 Å². The zero-order chi connectivity index (χ0) is 17.6. The van der Waals surface area contributed by atoms with Crippen LogP contribution in [0.3, 0.4) is 0 Å². The first-order valence-electron chi connectivity index (χ1n) is 8.30. The van der Waals surface area contributed by atoms with E-state index in [-0.39, 0.29) is 17.9 Å². The van der Waals surface area contributed by atoms with E-state index in [1.165, 1.54) is 0 Å². The van der Waals surface area contributed by atoms with E-state index in [1.807, 2.05) is 0 Å². The van der Waals surface area contributed by atoms with E-state index in [9.17, 15) is 9.59 Å². The summed E-state index contributed by atoms with van der Waals surface area (Å²) in [6, 6.07) is 14.0. The summed E-state index contributed by atoms with van der Waals surface area (Å²) >= 11 is 5.82. The van der Waals surface area contributed by atoms with E-state index in [2.05, 4.69) is 16.0 Å². The van der Waals surface area contributed by atoms with Crippen molar-refractivity contribution in [3.8, 4) is 0 Å². The fourth-order valence-electron chi connectivity index (χ4n) is 2.81. The van der Waals surface area contributed by atoms with E-state index < -0.39 is 0 Å². The highest BCUT2D eigenvalue weighted by molar-refractivity contribution is 6.30. The molecule has 2 aromatic carbocycles. The Balaban J connectivity index is 1.53. The molecule has 1 aliphatic rings. The molecule has 2 amide bonds. The fourth-order valence-corrected chi connectivity index (χ4v) is 2.93. The highest BCUT2D eigenvalue weighted by Gasteiger charge is 2.17. The number of carbonyl (C=O) groups excluding carboxylic acids is 2. The molecule has 3 rings (SSSR count). The van der Waals surface area contributed by atoms with Crippen molar-refractivity contribution >= 4 is 34.8 Å². The largest absolute Gasteiger partial charge is 0.326 e. The van der Waals surface area contributed by atoms with E-state index in [0.29, 0.717) is 28.4 Å². The predicted octanol–water partition coefficient (Wildman–Crippen LogP) is 3.67. The molecule has 130 valence electrons. The molecule has 0 bridgehead atoms. The third kappa shape index (κ3) is 5.05. The molecule has 2 aromatic rings. The van der Waals surface area contributed by atoms with Crippen molar-refractivity contribution in [3.05, 3.63) is 59.1 Å². The molecule has 3 N–H and O–H groups in total. The van der Waals surface area contributed by atoms with Crippen LogP contribution in [0, 0.1) is 0 Å². The summed E-state index contributed by atoms with van der Waals surface area (Å²) in [5.74, 6) is -0.210. The maximum atomic E-state index is 12.2. The van der Waals surface area contributed by atoms with Crippen LogP contribution in [0.5, 0.6) is 0 Å². The Morgan fingerprint density at radius 3 is 2.24 bits per heavy atom. The lowest BCUT2D eigenvalue weighted by molar-refractivity contribution is -0.116. The molecule has 6 heteroatoms. The molecule has 0 aliphatic carbocycles. The smallest absolute Gasteiger partial charge is 0.255 e. The van der Waals surface area contributed by atoms with Gasteiger partial charge in [-0.05, 0) is 67.9 Å². The van der Waals surface area contributed by atoms with Crippen molar-refractivity contribution < 1.29 is 9.59 Å². The van der Waals surface area contributed by atoms with E-state index in [4.69, 9.17) is 11.6 Å². The molecular weight excluding hydrogens is 338 g/mol. The lowest BCUT2D eigenvalue weighted by Crippen LogP contribution is -2.27. The number of carbonyl (C=O) groups is 2. The van der Waals surface area contributed by atoms with Crippen molar-refractivity contribution in [1.82, 2.24) is 5.32 Å². The number of benzene rings is 2. The second kappa shape index (κ2) is 8.14. The lowest BCUT2D eigenvalue weighted by Gasteiger charge is -2.11. The minimum atomic E-state index is -0.208. The van der Waals surface area contributed by atoms with Crippen LogP contribution in [0.25, 0.3) is 0 Å². The zero-order valence-electron chi connectivity index (χ0n) is 13.7. The first-order chi connectivity index (χ1) is 12.1. The first kappa shape index (κ1) is 17.5. The SMILES string of the molecule is O=C(CC1CCCN1)Nc1ccc(NC(=O)c2ccc(Cl)cc2)cc1. The second-order valence-electron chi connectivity index (χ2n) is 6.08.